The molecule has 0 aromatic heterocycles. The van der Waals surface area contributed by atoms with Crippen LogP contribution in [0, 0.1) is 13.8 Å². The molecule has 2 rings (SSSR count). The Morgan fingerprint density at radius 2 is 1.78 bits per heavy atom. The number of nitrogens with one attached hydrogen (secondary N) is 1. The molecule has 0 saturated heterocycles. The number of halogens is 1. The average Bonchev–Trinajstić information content (AvgIpc) is 2.63. The molecule has 0 fully saturated rings. The number of anilines is 1. The lowest BCUT2D eigenvalue weighted by atomic mass is 9.99. The van der Waals surface area contributed by atoms with Crippen molar-refractivity contribution >= 4 is 34.9 Å². The number of para-hydroxylation sites is 1. The van der Waals surface area contributed by atoms with Gasteiger partial charge in [0.2, 0.25) is 0 Å². The minimum Gasteiger partial charge on any atom is -0.453 e. The van der Waals surface area contributed by atoms with Crippen molar-refractivity contribution in [3.63, 3.8) is 0 Å². The topological polar surface area (TPSA) is 72.5 Å². The molecule has 0 bridgehead atoms. The van der Waals surface area contributed by atoms with Gasteiger partial charge in [-0.1, -0.05) is 41.4 Å². The van der Waals surface area contributed by atoms with Crippen LogP contribution >= 0.6 is 11.6 Å². The number of carbonyl (C=O) groups is 3. The van der Waals surface area contributed by atoms with Gasteiger partial charge in [0.05, 0.1) is 17.1 Å². The number of aryl methyl sites for hydroxylation is 2. The van der Waals surface area contributed by atoms with Crippen LogP contribution in [0.25, 0.3) is 0 Å². The molecule has 6 heteroatoms. The van der Waals surface area contributed by atoms with Gasteiger partial charge >= 0.3 is 5.97 Å². The van der Waals surface area contributed by atoms with E-state index < -0.39 is 18.0 Å². The number of ether oxygens (including phenoxy) is 1. The smallest absolute Gasteiger partial charge is 0.307 e. The van der Waals surface area contributed by atoms with Gasteiger partial charge in [-0.3, -0.25) is 14.4 Å². The Morgan fingerprint density at radius 1 is 1.07 bits per heavy atom. The van der Waals surface area contributed by atoms with E-state index in [4.69, 9.17) is 16.3 Å². The van der Waals surface area contributed by atoms with Gasteiger partial charge in [0.15, 0.2) is 11.9 Å². The highest BCUT2D eigenvalue weighted by Crippen LogP contribution is 2.21. The molecule has 0 aliphatic carbocycles. The number of rotatable bonds is 7. The Kier molecular flexibility index (Phi) is 7.13. The second kappa shape index (κ2) is 9.33. The van der Waals surface area contributed by atoms with Gasteiger partial charge in [-0.05, 0) is 44.5 Å². The van der Waals surface area contributed by atoms with Crippen molar-refractivity contribution in [2.75, 3.05) is 5.32 Å². The molecule has 0 saturated carbocycles. The standard InChI is InChI=1S/C21H22ClNO4/c1-13-8-9-14(2)16(12-13)19(24)10-11-20(25)27-15(3)21(26)23-18-7-5-4-6-17(18)22/h4-9,12,15H,10-11H2,1-3H3,(H,23,26)/t15-/m0/s1. The molecule has 0 radical (unpaired) electrons. The van der Waals surface area contributed by atoms with Crippen LogP contribution < -0.4 is 5.32 Å². The number of carbonyl (C=O) groups excluding carboxylic acids is 3. The van der Waals surface area contributed by atoms with Gasteiger partial charge < -0.3 is 10.1 Å². The molecule has 0 spiro atoms. The zero-order chi connectivity index (χ0) is 20.0. The van der Waals surface area contributed by atoms with Crippen molar-refractivity contribution in [2.45, 2.75) is 39.7 Å². The quantitative estimate of drug-likeness (QED) is 0.561. The maximum absolute atomic E-state index is 12.3. The zero-order valence-corrected chi connectivity index (χ0v) is 16.3. The van der Waals surface area contributed by atoms with Gasteiger partial charge in [0.1, 0.15) is 0 Å². The van der Waals surface area contributed by atoms with Crippen LogP contribution in [-0.2, 0) is 14.3 Å². The fourth-order valence-electron chi connectivity index (χ4n) is 2.49. The highest BCUT2D eigenvalue weighted by atomic mass is 35.5. The maximum atomic E-state index is 12.3. The summed E-state index contributed by atoms with van der Waals surface area (Å²) in [5.74, 6) is -1.21. The minimum atomic E-state index is -0.996. The molecule has 142 valence electrons. The first kappa shape index (κ1) is 20.6. The number of esters is 1. The fourth-order valence-corrected chi connectivity index (χ4v) is 2.68. The molecule has 1 N–H and O–H groups in total. The Hall–Kier alpha value is -2.66. The van der Waals surface area contributed by atoms with Crippen molar-refractivity contribution in [1.82, 2.24) is 0 Å². The van der Waals surface area contributed by atoms with Crippen LogP contribution in [-0.4, -0.2) is 23.8 Å². The SMILES string of the molecule is Cc1ccc(C)c(C(=O)CCC(=O)O[C@@H](C)C(=O)Nc2ccccc2Cl)c1. The predicted octanol–water partition coefficient (Wildman–Crippen LogP) is 4.49. The largest absolute Gasteiger partial charge is 0.453 e. The molecule has 0 aliphatic rings. The monoisotopic (exact) mass is 387 g/mol. The van der Waals surface area contributed by atoms with Gasteiger partial charge in [-0.25, -0.2) is 0 Å². The van der Waals surface area contributed by atoms with E-state index in [9.17, 15) is 14.4 Å². The summed E-state index contributed by atoms with van der Waals surface area (Å²) < 4.78 is 5.12. The summed E-state index contributed by atoms with van der Waals surface area (Å²) in [4.78, 5) is 36.4. The molecule has 2 aromatic rings. The molecule has 5 nitrogen and oxygen atoms in total. The van der Waals surface area contributed by atoms with Gasteiger partial charge in [-0.2, -0.15) is 0 Å². The lowest BCUT2D eigenvalue weighted by Gasteiger charge is -2.14. The number of Topliss-reactive ketones (excluding diaryl/α,β-unsaturated/α-hetero) is 1. The van der Waals surface area contributed by atoms with Crippen LogP contribution in [0.3, 0.4) is 0 Å². The van der Waals surface area contributed by atoms with E-state index in [1.165, 1.54) is 6.92 Å². The zero-order valence-electron chi connectivity index (χ0n) is 15.5. The normalized spacial score (nSPS) is 11.6. The summed E-state index contributed by atoms with van der Waals surface area (Å²) in [6.07, 6.45) is -1.05. The second-order valence-corrected chi connectivity index (χ2v) is 6.75. The molecule has 0 aliphatic heterocycles. The second-order valence-electron chi connectivity index (χ2n) is 6.34. The number of hydrogen-bond donors (Lipinski definition) is 1. The van der Waals surface area contributed by atoms with E-state index in [1.807, 2.05) is 32.0 Å². The lowest BCUT2D eigenvalue weighted by Crippen LogP contribution is -2.30. The van der Waals surface area contributed by atoms with Crippen molar-refractivity contribution in [1.29, 1.82) is 0 Å². The molecule has 1 atom stereocenters. The van der Waals surface area contributed by atoms with Crippen LogP contribution in [0.5, 0.6) is 0 Å². The summed E-state index contributed by atoms with van der Waals surface area (Å²) in [6, 6.07) is 12.4. The third-order valence-corrected chi connectivity index (χ3v) is 4.39. The van der Waals surface area contributed by atoms with E-state index in [0.717, 1.165) is 11.1 Å². The molecule has 0 unspecified atom stereocenters. The first-order valence-electron chi connectivity index (χ1n) is 8.63. The van der Waals surface area contributed by atoms with Crippen LogP contribution in [0.2, 0.25) is 5.02 Å². The first-order valence-corrected chi connectivity index (χ1v) is 9.01. The van der Waals surface area contributed by atoms with Crippen LogP contribution in [0.4, 0.5) is 5.69 Å². The fraction of sp³-hybridized carbons (Fsp3) is 0.286. The van der Waals surface area contributed by atoms with E-state index in [1.54, 1.807) is 24.3 Å². The Labute approximate surface area is 163 Å². The van der Waals surface area contributed by atoms with Crippen LogP contribution in [0.15, 0.2) is 42.5 Å². The predicted molar refractivity (Wildman–Crippen MR) is 105 cm³/mol. The summed E-state index contributed by atoms with van der Waals surface area (Å²) in [7, 11) is 0. The van der Waals surface area contributed by atoms with Crippen LogP contribution in [0.1, 0.15) is 41.3 Å². The third-order valence-electron chi connectivity index (χ3n) is 4.06. The number of ketones is 1. The van der Waals surface area contributed by atoms with Gasteiger partial charge in [-0.15, -0.1) is 0 Å². The Balaban J connectivity index is 1.86. The van der Waals surface area contributed by atoms with Crippen molar-refractivity contribution in [2.24, 2.45) is 0 Å². The molecular formula is C21H22ClNO4. The minimum absolute atomic E-state index is 0.0297. The lowest BCUT2D eigenvalue weighted by molar-refractivity contribution is -0.153. The van der Waals surface area contributed by atoms with E-state index in [2.05, 4.69) is 5.32 Å². The highest BCUT2D eigenvalue weighted by molar-refractivity contribution is 6.33. The van der Waals surface area contributed by atoms with Gasteiger partial charge in [0, 0.05) is 12.0 Å². The first-order chi connectivity index (χ1) is 12.8. The molecule has 27 heavy (non-hydrogen) atoms. The number of benzene rings is 2. The van der Waals surface area contributed by atoms with E-state index in [0.29, 0.717) is 16.3 Å². The summed E-state index contributed by atoms with van der Waals surface area (Å²) in [5, 5.41) is 3.00. The van der Waals surface area contributed by atoms with Crippen molar-refractivity contribution in [3.8, 4) is 0 Å². The molecule has 2 aromatic carbocycles. The van der Waals surface area contributed by atoms with E-state index >= 15 is 0 Å². The molecule has 0 heterocycles. The molecule has 1 amide bonds. The van der Waals surface area contributed by atoms with E-state index in [-0.39, 0.29) is 18.6 Å². The average molecular weight is 388 g/mol. The summed E-state index contributed by atoms with van der Waals surface area (Å²) >= 11 is 5.99. The Bertz CT molecular complexity index is 863. The highest BCUT2D eigenvalue weighted by Gasteiger charge is 2.20. The maximum Gasteiger partial charge on any atom is 0.307 e. The Morgan fingerprint density at radius 3 is 2.48 bits per heavy atom. The summed E-state index contributed by atoms with van der Waals surface area (Å²) in [6.45, 7) is 5.23. The number of amides is 1. The van der Waals surface area contributed by atoms with Gasteiger partial charge in [0.25, 0.3) is 5.91 Å². The molecular weight excluding hydrogens is 366 g/mol. The van der Waals surface area contributed by atoms with Crippen molar-refractivity contribution < 1.29 is 19.1 Å². The van der Waals surface area contributed by atoms with Crippen molar-refractivity contribution in [3.05, 3.63) is 64.2 Å². The number of hydrogen-bond acceptors (Lipinski definition) is 4. The third kappa shape index (κ3) is 5.93. The summed E-state index contributed by atoms with van der Waals surface area (Å²) in [5.41, 5.74) is 2.90.